The Bertz CT molecular complexity index is 500. The minimum Gasteiger partial charge on any atom is -0.373 e. The lowest BCUT2D eigenvalue weighted by molar-refractivity contribution is -0.0169. The molecule has 0 aromatic heterocycles. The first-order chi connectivity index (χ1) is 9.02. The van der Waals surface area contributed by atoms with E-state index in [2.05, 4.69) is 0 Å². The van der Waals surface area contributed by atoms with E-state index in [0.29, 0.717) is 26.2 Å². The molecule has 1 fully saturated rings. The van der Waals surface area contributed by atoms with Crippen LogP contribution in [0.1, 0.15) is 15.9 Å². The summed E-state index contributed by atoms with van der Waals surface area (Å²) >= 11 is 0. The molecular weight excluding hydrogens is 290 g/mol. The van der Waals surface area contributed by atoms with Crippen LogP contribution in [0.25, 0.3) is 0 Å². The number of nitrogens with two attached hydrogens (primary N) is 1. The maximum Gasteiger partial charge on any atom is 0.257 e. The third kappa shape index (κ3) is 3.45. The van der Waals surface area contributed by atoms with E-state index in [0.717, 1.165) is 6.07 Å². The van der Waals surface area contributed by atoms with Gasteiger partial charge in [-0.2, -0.15) is 0 Å². The highest BCUT2D eigenvalue weighted by molar-refractivity contribution is 5.94. The molecule has 112 valence electrons. The number of aryl methyl sites for hydroxylation is 1. The second-order valence-corrected chi connectivity index (χ2v) is 4.56. The lowest BCUT2D eigenvalue weighted by atomic mass is 10.1. The Balaban J connectivity index is 0.00000200. The van der Waals surface area contributed by atoms with E-state index in [9.17, 15) is 13.6 Å². The van der Waals surface area contributed by atoms with Crippen LogP contribution in [-0.4, -0.2) is 43.2 Å². The van der Waals surface area contributed by atoms with E-state index in [1.54, 1.807) is 0 Å². The topological polar surface area (TPSA) is 55.6 Å². The smallest absolute Gasteiger partial charge is 0.257 e. The molecule has 1 aromatic rings. The molecule has 1 heterocycles. The first-order valence-electron chi connectivity index (χ1n) is 6.09. The molecule has 1 aliphatic heterocycles. The Morgan fingerprint density at radius 1 is 1.45 bits per heavy atom. The summed E-state index contributed by atoms with van der Waals surface area (Å²) in [6.45, 7) is 2.87. The number of nitrogens with zero attached hydrogens (tertiary/aromatic N) is 1. The number of carbonyl (C=O) groups excluding carboxylic acids is 1. The van der Waals surface area contributed by atoms with Crippen molar-refractivity contribution in [1.82, 2.24) is 4.90 Å². The van der Waals surface area contributed by atoms with E-state index >= 15 is 0 Å². The normalized spacial score (nSPS) is 18.6. The molecule has 0 bridgehead atoms. The zero-order valence-corrected chi connectivity index (χ0v) is 11.9. The summed E-state index contributed by atoms with van der Waals surface area (Å²) in [7, 11) is 0. The van der Waals surface area contributed by atoms with Crippen molar-refractivity contribution in [2.75, 3.05) is 26.2 Å². The van der Waals surface area contributed by atoms with Gasteiger partial charge in [-0.25, -0.2) is 8.78 Å². The molecule has 0 aliphatic carbocycles. The number of halogens is 3. The molecule has 2 rings (SSSR count). The second kappa shape index (κ2) is 6.97. The van der Waals surface area contributed by atoms with Crippen LogP contribution in [0.2, 0.25) is 0 Å². The van der Waals surface area contributed by atoms with Gasteiger partial charge in [0.05, 0.1) is 18.3 Å². The molecule has 20 heavy (non-hydrogen) atoms. The maximum absolute atomic E-state index is 13.7. The van der Waals surface area contributed by atoms with E-state index < -0.39 is 17.5 Å². The Hall–Kier alpha value is -1.24. The van der Waals surface area contributed by atoms with Crippen LogP contribution in [0.4, 0.5) is 8.78 Å². The van der Waals surface area contributed by atoms with Gasteiger partial charge in [0.1, 0.15) is 11.6 Å². The van der Waals surface area contributed by atoms with Crippen molar-refractivity contribution < 1.29 is 18.3 Å². The fourth-order valence-electron chi connectivity index (χ4n) is 2.04. The van der Waals surface area contributed by atoms with Crippen molar-refractivity contribution in [2.45, 2.75) is 13.0 Å². The predicted octanol–water partition coefficient (Wildman–Crippen LogP) is 1.49. The van der Waals surface area contributed by atoms with Crippen LogP contribution in [0, 0.1) is 18.6 Å². The van der Waals surface area contributed by atoms with Crippen LogP contribution in [0.3, 0.4) is 0 Å². The molecule has 1 aromatic carbocycles. The minimum absolute atomic E-state index is 0. The number of morpholine rings is 1. The van der Waals surface area contributed by atoms with Gasteiger partial charge in [-0.3, -0.25) is 4.79 Å². The number of ether oxygens (including phenoxy) is 1. The van der Waals surface area contributed by atoms with Gasteiger partial charge in [-0.1, -0.05) is 0 Å². The highest BCUT2D eigenvalue weighted by Crippen LogP contribution is 2.17. The molecular formula is C13H17ClF2N2O2. The van der Waals surface area contributed by atoms with Crippen molar-refractivity contribution in [3.63, 3.8) is 0 Å². The summed E-state index contributed by atoms with van der Waals surface area (Å²) in [4.78, 5) is 13.7. The van der Waals surface area contributed by atoms with Crippen LogP contribution >= 0.6 is 12.4 Å². The molecule has 1 amide bonds. The van der Waals surface area contributed by atoms with Crippen molar-refractivity contribution in [3.8, 4) is 0 Å². The monoisotopic (exact) mass is 306 g/mol. The number of rotatable bonds is 2. The fourth-order valence-corrected chi connectivity index (χ4v) is 2.04. The summed E-state index contributed by atoms with van der Waals surface area (Å²) in [6.07, 6.45) is -0.234. The number of benzene rings is 1. The Morgan fingerprint density at radius 3 is 2.80 bits per heavy atom. The van der Waals surface area contributed by atoms with E-state index in [1.165, 1.54) is 17.9 Å². The second-order valence-electron chi connectivity index (χ2n) is 4.56. The Kier molecular flexibility index (Phi) is 5.86. The Labute approximate surface area is 122 Å². The summed E-state index contributed by atoms with van der Waals surface area (Å²) < 4.78 is 32.2. The summed E-state index contributed by atoms with van der Waals surface area (Å²) in [5, 5.41) is 0. The average molecular weight is 307 g/mol. The zero-order chi connectivity index (χ0) is 14.0. The highest BCUT2D eigenvalue weighted by atomic mass is 35.5. The summed E-state index contributed by atoms with van der Waals surface area (Å²) in [5.74, 6) is -1.96. The van der Waals surface area contributed by atoms with Crippen molar-refractivity contribution in [2.24, 2.45) is 5.73 Å². The molecule has 4 nitrogen and oxygen atoms in total. The standard InChI is InChI=1S/C13H16F2N2O2.ClH/c1-8-4-10(12(15)5-11(8)14)13(18)17-2-3-19-9(6-16)7-17;/h4-5,9H,2-3,6-7,16H2,1H3;1H. The molecule has 2 N–H and O–H groups in total. The number of hydrogen-bond donors (Lipinski definition) is 1. The molecule has 7 heteroatoms. The van der Waals surface area contributed by atoms with E-state index in [1.807, 2.05) is 0 Å². The molecule has 0 saturated carbocycles. The number of amides is 1. The van der Waals surface area contributed by atoms with Crippen LogP contribution in [0.5, 0.6) is 0 Å². The molecule has 1 aliphatic rings. The van der Waals surface area contributed by atoms with Gasteiger partial charge in [0.25, 0.3) is 5.91 Å². The van der Waals surface area contributed by atoms with Crippen LogP contribution < -0.4 is 5.73 Å². The van der Waals surface area contributed by atoms with Gasteiger partial charge < -0.3 is 15.4 Å². The van der Waals surface area contributed by atoms with Gasteiger partial charge in [0, 0.05) is 25.7 Å². The fraction of sp³-hybridized carbons (Fsp3) is 0.462. The Morgan fingerprint density at radius 2 is 2.15 bits per heavy atom. The van der Waals surface area contributed by atoms with Gasteiger partial charge >= 0.3 is 0 Å². The predicted molar refractivity (Wildman–Crippen MR) is 73.0 cm³/mol. The first kappa shape index (κ1) is 16.8. The molecule has 0 spiro atoms. The SMILES string of the molecule is Cc1cc(C(=O)N2CCOC(CN)C2)c(F)cc1F.Cl. The van der Waals surface area contributed by atoms with Crippen LogP contribution in [-0.2, 0) is 4.74 Å². The molecule has 1 atom stereocenters. The first-order valence-corrected chi connectivity index (χ1v) is 6.09. The average Bonchev–Trinajstić information content (AvgIpc) is 2.42. The van der Waals surface area contributed by atoms with Gasteiger partial charge in [-0.15, -0.1) is 12.4 Å². The number of carbonyl (C=O) groups is 1. The molecule has 0 radical (unpaired) electrons. The largest absolute Gasteiger partial charge is 0.373 e. The van der Waals surface area contributed by atoms with Crippen molar-refractivity contribution >= 4 is 18.3 Å². The number of hydrogen-bond acceptors (Lipinski definition) is 3. The summed E-state index contributed by atoms with van der Waals surface area (Å²) in [5.41, 5.74) is 5.62. The minimum atomic E-state index is -0.844. The quantitative estimate of drug-likeness (QED) is 0.901. The third-order valence-electron chi connectivity index (χ3n) is 3.17. The van der Waals surface area contributed by atoms with Crippen LogP contribution in [0.15, 0.2) is 12.1 Å². The summed E-state index contributed by atoms with van der Waals surface area (Å²) in [6, 6.07) is 1.98. The molecule has 1 unspecified atom stereocenters. The molecule has 1 saturated heterocycles. The lowest BCUT2D eigenvalue weighted by Gasteiger charge is -2.32. The van der Waals surface area contributed by atoms with E-state index in [-0.39, 0.29) is 29.6 Å². The van der Waals surface area contributed by atoms with Gasteiger partial charge in [0.2, 0.25) is 0 Å². The highest BCUT2D eigenvalue weighted by Gasteiger charge is 2.26. The van der Waals surface area contributed by atoms with Gasteiger partial charge in [0.15, 0.2) is 0 Å². The van der Waals surface area contributed by atoms with Crippen molar-refractivity contribution in [3.05, 3.63) is 34.9 Å². The lowest BCUT2D eigenvalue weighted by Crippen LogP contribution is -2.48. The van der Waals surface area contributed by atoms with Crippen molar-refractivity contribution in [1.29, 1.82) is 0 Å². The maximum atomic E-state index is 13.7. The van der Waals surface area contributed by atoms with Gasteiger partial charge in [-0.05, 0) is 18.6 Å². The zero-order valence-electron chi connectivity index (χ0n) is 11.1. The van der Waals surface area contributed by atoms with E-state index in [4.69, 9.17) is 10.5 Å². The third-order valence-corrected chi connectivity index (χ3v) is 3.17.